The topological polar surface area (TPSA) is 146 Å². The van der Waals surface area contributed by atoms with Crippen molar-refractivity contribution in [3.05, 3.63) is 75.8 Å². The number of rotatable bonds is 10. The van der Waals surface area contributed by atoms with Crippen molar-refractivity contribution in [2.45, 2.75) is 90.0 Å². The van der Waals surface area contributed by atoms with E-state index in [9.17, 15) is 19.2 Å². The summed E-state index contributed by atoms with van der Waals surface area (Å²) in [6.45, 7) is 12.3. The summed E-state index contributed by atoms with van der Waals surface area (Å²) < 4.78 is 1.73. The molecule has 4 fully saturated rings. The molecule has 13 heteroatoms. The van der Waals surface area contributed by atoms with Gasteiger partial charge in [0.25, 0.3) is 5.56 Å². The fourth-order valence-corrected chi connectivity index (χ4v) is 9.26. The molecule has 3 saturated heterocycles. The molecule has 0 unspecified atom stereocenters. The first-order valence-corrected chi connectivity index (χ1v) is 20.4. The van der Waals surface area contributed by atoms with Crippen molar-refractivity contribution in [2.24, 2.45) is 5.92 Å². The molecular formula is C43H53N9O4. The van der Waals surface area contributed by atoms with Crippen LogP contribution in [0.2, 0.25) is 0 Å². The first kappa shape index (κ1) is 37.7. The van der Waals surface area contributed by atoms with Gasteiger partial charge in [0.05, 0.1) is 22.9 Å². The normalized spacial score (nSPS) is 21.5. The highest BCUT2D eigenvalue weighted by atomic mass is 16.2. The summed E-state index contributed by atoms with van der Waals surface area (Å²) in [4.78, 5) is 71.8. The Morgan fingerprint density at radius 3 is 2.23 bits per heavy atom. The summed E-state index contributed by atoms with van der Waals surface area (Å²) in [7, 11) is 0. The van der Waals surface area contributed by atoms with Crippen molar-refractivity contribution >= 4 is 51.8 Å². The van der Waals surface area contributed by atoms with E-state index in [1.54, 1.807) is 17.7 Å². The number of nitrogens with zero attached hydrogens (tertiary/aromatic N) is 7. The Morgan fingerprint density at radius 1 is 0.875 bits per heavy atom. The summed E-state index contributed by atoms with van der Waals surface area (Å²) in [6.07, 6.45) is 12.0. The quantitative estimate of drug-likeness (QED) is 0.152. The molecule has 56 heavy (non-hydrogen) atoms. The SMILES string of the molecule is CC(=O)c1c(C)c2cnc(Nc3ccc(N4CCN(CCC5CCN(c6ccc([C@]7(C)CCC(=O)NC7=O)cc6)CC5)CC4)cn3)nc2n(C2CCCC2)c1=O. The van der Waals surface area contributed by atoms with E-state index in [1.165, 1.54) is 31.9 Å². The van der Waals surface area contributed by atoms with Crippen LogP contribution in [0.4, 0.5) is 23.1 Å². The van der Waals surface area contributed by atoms with Crippen LogP contribution in [-0.4, -0.2) is 87.8 Å². The molecule has 1 aromatic carbocycles. The molecule has 0 radical (unpaired) electrons. The molecule has 2 N–H and O–H groups in total. The second-order valence-corrected chi connectivity index (χ2v) is 16.4. The Kier molecular flexibility index (Phi) is 10.6. The van der Waals surface area contributed by atoms with Gasteiger partial charge in [-0.25, -0.2) is 9.97 Å². The molecule has 2 amide bonds. The number of carbonyl (C=O) groups is 3. The number of carbonyl (C=O) groups excluding carboxylic acids is 3. The minimum Gasteiger partial charge on any atom is -0.372 e. The molecule has 1 aliphatic carbocycles. The predicted octanol–water partition coefficient (Wildman–Crippen LogP) is 5.68. The van der Waals surface area contributed by atoms with Gasteiger partial charge < -0.3 is 15.1 Å². The van der Waals surface area contributed by atoms with E-state index in [2.05, 4.69) is 65.6 Å². The first-order chi connectivity index (χ1) is 27.1. The van der Waals surface area contributed by atoms with Crippen molar-refractivity contribution in [1.82, 2.24) is 29.7 Å². The molecule has 13 nitrogen and oxygen atoms in total. The molecule has 1 saturated carbocycles. The van der Waals surface area contributed by atoms with Crippen molar-refractivity contribution in [2.75, 3.05) is 60.9 Å². The average molecular weight is 760 g/mol. The molecule has 3 aromatic heterocycles. The lowest BCUT2D eigenvalue weighted by atomic mass is 9.75. The lowest BCUT2D eigenvalue weighted by Gasteiger charge is -2.38. The third kappa shape index (κ3) is 7.53. The summed E-state index contributed by atoms with van der Waals surface area (Å²) in [6, 6.07) is 12.4. The minimum atomic E-state index is -0.659. The standard InChI is InChI=1S/C43H53N9O4/c1-28-35-27-45-42(48-39(35)52(33-6-4-5-7-33)40(55)38(28)29(2)53)46-36-13-12-34(26-44-36)51-24-22-49(23-25-51)19-15-30-16-20-50(21-17-30)32-10-8-31(9-11-32)43(3)18-14-37(54)47-41(43)56/h8-13,26-27,30,33H,4-7,14-25H2,1-3H3,(H,47,54,56)(H,44,45,46,48)/t43-/m0/s1. The van der Waals surface area contributed by atoms with Gasteiger partial charge in [0, 0.05) is 69.0 Å². The third-order valence-electron chi connectivity index (χ3n) is 12.9. The number of ketones is 1. The number of nitrogens with one attached hydrogen (secondary N) is 2. The summed E-state index contributed by atoms with van der Waals surface area (Å²) >= 11 is 0. The van der Waals surface area contributed by atoms with Gasteiger partial charge in [0.1, 0.15) is 11.5 Å². The van der Waals surface area contributed by atoms with Crippen LogP contribution in [0.5, 0.6) is 0 Å². The van der Waals surface area contributed by atoms with Crippen molar-refractivity contribution < 1.29 is 14.4 Å². The monoisotopic (exact) mass is 759 g/mol. The second kappa shape index (κ2) is 15.8. The number of pyridine rings is 2. The maximum atomic E-state index is 13.6. The van der Waals surface area contributed by atoms with E-state index in [1.807, 2.05) is 19.2 Å². The van der Waals surface area contributed by atoms with Crippen molar-refractivity contribution in [1.29, 1.82) is 0 Å². The zero-order valence-electron chi connectivity index (χ0n) is 32.9. The van der Waals surface area contributed by atoms with Crippen LogP contribution in [0.25, 0.3) is 11.0 Å². The van der Waals surface area contributed by atoms with Crippen LogP contribution < -0.4 is 26.0 Å². The van der Waals surface area contributed by atoms with E-state index < -0.39 is 5.41 Å². The summed E-state index contributed by atoms with van der Waals surface area (Å²) in [5.74, 6) is 1.10. The maximum Gasteiger partial charge on any atom is 0.263 e. The van der Waals surface area contributed by atoms with Gasteiger partial charge in [-0.2, -0.15) is 4.98 Å². The van der Waals surface area contributed by atoms with Gasteiger partial charge in [-0.05, 0) is 107 Å². The number of imide groups is 1. The van der Waals surface area contributed by atoms with Gasteiger partial charge in [-0.1, -0.05) is 25.0 Å². The summed E-state index contributed by atoms with van der Waals surface area (Å²) in [5.41, 5.74) is 3.76. The van der Waals surface area contributed by atoms with Crippen LogP contribution in [-0.2, 0) is 15.0 Å². The van der Waals surface area contributed by atoms with E-state index in [0.29, 0.717) is 35.8 Å². The first-order valence-electron chi connectivity index (χ1n) is 20.4. The van der Waals surface area contributed by atoms with Crippen LogP contribution in [0.3, 0.4) is 0 Å². The van der Waals surface area contributed by atoms with E-state index in [0.717, 1.165) is 94.1 Å². The number of anilines is 4. The highest BCUT2D eigenvalue weighted by Crippen LogP contribution is 2.35. The molecule has 0 bridgehead atoms. The Bertz CT molecular complexity index is 2160. The average Bonchev–Trinajstić information content (AvgIpc) is 3.74. The predicted molar refractivity (Wildman–Crippen MR) is 218 cm³/mol. The van der Waals surface area contributed by atoms with Gasteiger partial charge >= 0.3 is 0 Å². The largest absolute Gasteiger partial charge is 0.372 e. The number of piperidine rings is 2. The number of aromatic nitrogens is 4. The molecule has 8 rings (SSSR count). The van der Waals surface area contributed by atoms with Crippen LogP contribution in [0.1, 0.15) is 99.2 Å². The van der Waals surface area contributed by atoms with E-state index in [-0.39, 0.29) is 34.8 Å². The zero-order chi connectivity index (χ0) is 39.0. The van der Waals surface area contributed by atoms with Crippen LogP contribution >= 0.6 is 0 Å². The van der Waals surface area contributed by atoms with E-state index in [4.69, 9.17) is 4.98 Å². The number of amides is 2. The number of piperazine rings is 1. The summed E-state index contributed by atoms with van der Waals surface area (Å²) in [5, 5.41) is 6.47. The number of benzene rings is 1. The molecule has 4 aliphatic rings. The van der Waals surface area contributed by atoms with Crippen LogP contribution in [0.15, 0.2) is 53.6 Å². The maximum absolute atomic E-state index is 13.6. The van der Waals surface area contributed by atoms with Gasteiger partial charge in [0.15, 0.2) is 5.78 Å². The number of Topliss-reactive ketones (excluding diaryl/α,β-unsaturated/α-hetero) is 1. The van der Waals surface area contributed by atoms with Crippen LogP contribution in [0, 0.1) is 12.8 Å². The van der Waals surface area contributed by atoms with Gasteiger partial charge in [-0.15, -0.1) is 0 Å². The lowest BCUT2D eigenvalue weighted by molar-refractivity contribution is -0.137. The molecule has 6 heterocycles. The zero-order valence-corrected chi connectivity index (χ0v) is 32.9. The molecule has 0 spiro atoms. The Labute approximate surface area is 327 Å². The van der Waals surface area contributed by atoms with Crippen molar-refractivity contribution in [3.8, 4) is 0 Å². The molecule has 4 aromatic rings. The minimum absolute atomic E-state index is 0.0262. The second-order valence-electron chi connectivity index (χ2n) is 16.4. The Hall–Kier alpha value is -5.17. The number of hydrogen-bond acceptors (Lipinski definition) is 11. The number of fused-ring (bicyclic) bond motifs is 1. The Morgan fingerprint density at radius 2 is 1.57 bits per heavy atom. The molecule has 3 aliphatic heterocycles. The van der Waals surface area contributed by atoms with Gasteiger partial charge in [-0.3, -0.25) is 34.0 Å². The lowest BCUT2D eigenvalue weighted by Crippen LogP contribution is -2.49. The molecular weight excluding hydrogens is 707 g/mol. The fraction of sp³-hybridized carbons (Fsp3) is 0.512. The number of hydrogen-bond donors (Lipinski definition) is 2. The van der Waals surface area contributed by atoms with Crippen molar-refractivity contribution in [3.63, 3.8) is 0 Å². The third-order valence-corrected chi connectivity index (χ3v) is 12.9. The highest BCUT2D eigenvalue weighted by Gasteiger charge is 2.40. The van der Waals surface area contributed by atoms with E-state index >= 15 is 0 Å². The number of aryl methyl sites for hydroxylation is 1. The molecule has 294 valence electrons. The molecule has 1 atom stereocenters. The Balaban J connectivity index is 0.809. The smallest absolute Gasteiger partial charge is 0.263 e. The van der Waals surface area contributed by atoms with Gasteiger partial charge in [0.2, 0.25) is 17.8 Å². The fourth-order valence-electron chi connectivity index (χ4n) is 9.26. The highest BCUT2D eigenvalue weighted by molar-refractivity contribution is 6.03.